The summed E-state index contributed by atoms with van der Waals surface area (Å²) >= 11 is 0. The van der Waals surface area contributed by atoms with Gasteiger partial charge in [-0.05, 0) is 24.5 Å². The molecule has 1 aliphatic rings. The van der Waals surface area contributed by atoms with Crippen LogP contribution >= 0.6 is 0 Å². The maximum atomic E-state index is 13.3. The van der Waals surface area contributed by atoms with Crippen LogP contribution in [0.5, 0.6) is 0 Å². The number of pyridine rings is 1. The zero-order valence-electron chi connectivity index (χ0n) is 15.2. The number of amides is 1. The fourth-order valence-corrected chi connectivity index (χ4v) is 3.61. The molecule has 0 aliphatic carbocycles. The molecule has 3 aromatic rings. The number of aromatic amines is 1. The highest BCUT2D eigenvalue weighted by Gasteiger charge is 2.28. The lowest BCUT2D eigenvalue weighted by molar-refractivity contribution is 0.0709. The Balaban J connectivity index is 1.46. The summed E-state index contributed by atoms with van der Waals surface area (Å²) in [6.45, 7) is 1.50. The predicted molar refractivity (Wildman–Crippen MR) is 100 cm³/mol. The number of benzene rings is 1. The molecule has 0 radical (unpaired) electrons. The molecule has 3 heterocycles. The fraction of sp³-hybridized carbons (Fsp3) is 0.300. The molecule has 0 spiro atoms. The molecule has 144 valence electrons. The first-order valence-electron chi connectivity index (χ1n) is 9.20. The van der Waals surface area contributed by atoms with Gasteiger partial charge in [-0.2, -0.15) is 5.10 Å². The number of likely N-dealkylation sites (tertiary alicyclic amines) is 1. The van der Waals surface area contributed by atoms with Crippen LogP contribution < -0.4 is 5.69 Å². The normalized spacial score (nSPS) is 15.0. The zero-order chi connectivity index (χ0) is 19.5. The van der Waals surface area contributed by atoms with Crippen molar-refractivity contribution in [2.45, 2.75) is 25.3 Å². The van der Waals surface area contributed by atoms with Crippen LogP contribution in [0.15, 0.2) is 53.6 Å². The zero-order valence-corrected chi connectivity index (χ0v) is 15.2. The van der Waals surface area contributed by atoms with Crippen LogP contribution in [0.4, 0.5) is 4.39 Å². The standard InChI is InChI=1S/C20H20FN5O2/c21-17-10-16(11-22-12-17)19(27)25-8-6-15(7-9-25)18-23-24-20(28)26(18)13-14-4-2-1-3-5-14/h1-5,10-12,15H,6-9,13H2,(H,24,28). The molecule has 1 aromatic carbocycles. The fourth-order valence-electron chi connectivity index (χ4n) is 3.61. The molecule has 4 rings (SSSR count). The van der Waals surface area contributed by atoms with E-state index in [0.29, 0.717) is 38.3 Å². The number of hydrogen-bond donors (Lipinski definition) is 1. The molecule has 1 N–H and O–H groups in total. The minimum absolute atomic E-state index is 0.0809. The largest absolute Gasteiger partial charge is 0.343 e. The van der Waals surface area contributed by atoms with Crippen molar-refractivity contribution in [1.82, 2.24) is 24.6 Å². The van der Waals surface area contributed by atoms with Gasteiger partial charge >= 0.3 is 5.69 Å². The van der Waals surface area contributed by atoms with E-state index in [2.05, 4.69) is 15.2 Å². The number of hydrogen-bond acceptors (Lipinski definition) is 4. The quantitative estimate of drug-likeness (QED) is 0.751. The van der Waals surface area contributed by atoms with E-state index in [1.54, 1.807) is 9.47 Å². The number of carbonyl (C=O) groups excluding carboxylic acids is 1. The minimum atomic E-state index is -0.526. The number of rotatable bonds is 4. The van der Waals surface area contributed by atoms with Gasteiger partial charge in [-0.1, -0.05) is 30.3 Å². The Labute approximate surface area is 160 Å². The van der Waals surface area contributed by atoms with Gasteiger partial charge in [-0.25, -0.2) is 14.3 Å². The van der Waals surface area contributed by atoms with E-state index >= 15 is 0 Å². The topological polar surface area (TPSA) is 83.9 Å². The number of halogens is 1. The van der Waals surface area contributed by atoms with Gasteiger partial charge in [0, 0.05) is 25.2 Å². The van der Waals surface area contributed by atoms with Crippen molar-refractivity contribution < 1.29 is 9.18 Å². The lowest BCUT2D eigenvalue weighted by Gasteiger charge is -2.31. The summed E-state index contributed by atoms with van der Waals surface area (Å²) in [6, 6.07) is 10.9. The number of nitrogens with one attached hydrogen (secondary N) is 1. The Morgan fingerprint density at radius 1 is 1.18 bits per heavy atom. The second-order valence-electron chi connectivity index (χ2n) is 6.92. The van der Waals surface area contributed by atoms with Crippen LogP contribution in [-0.4, -0.2) is 43.6 Å². The van der Waals surface area contributed by atoms with Crippen molar-refractivity contribution in [3.63, 3.8) is 0 Å². The maximum Gasteiger partial charge on any atom is 0.343 e. The molecule has 1 amide bonds. The SMILES string of the molecule is O=C(c1cncc(F)c1)N1CCC(c2n[nH]c(=O)n2Cc2ccccc2)CC1. The van der Waals surface area contributed by atoms with Crippen LogP contribution in [-0.2, 0) is 6.54 Å². The van der Waals surface area contributed by atoms with Gasteiger partial charge in [0.1, 0.15) is 11.6 Å². The van der Waals surface area contributed by atoms with Crippen LogP contribution in [0.2, 0.25) is 0 Å². The van der Waals surface area contributed by atoms with Crippen molar-refractivity contribution in [2.75, 3.05) is 13.1 Å². The molecule has 7 nitrogen and oxygen atoms in total. The van der Waals surface area contributed by atoms with Gasteiger partial charge in [-0.15, -0.1) is 0 Å². The molecule has 0 atom stereocenters. The Morgan fingerprint density at radius 2 is 1.93 bits per heavy atom. The predicted octanol–water partition coefficient (Wildman–Crippen LogP) is 2.17. The van der Waals surface area contributed by atoms with Crippen molar-refractivity contribution >= 4 is 5.91 Å². The highest BCUT2D eigenvalue weighted by Crippen LogP contribution is 2.27. The van der Waals surface area contributed by atoms with E-state index in [-0.39, 0.29) is 23.1 Å². The monoisotopic (exact) mass is 381 g/mol. The van der Waals surface area contributed by atoms with Gasteiger partial charge in [-0.3, -0.25) is 14.3 Å². The van der Waals surface area contributed by atoms with Gasteiger partial charge in [0.2, 0.25) is 0 Å². The van der Waals surface area contributed by atoms with E-state index in [9.17, 15) is 14.0 Å². The van der Waals surface area contributed by atoms with Gasteiger partial charge in [0.25, 0.3) is 5.91 Å². The smallest absolute Gasteiger partial charge is 0.339 e. The summed E-state index contributed by atoms with van der Waals surface area (Å²) in [6.07, 6.45) is 3.83. The second-order valence-corrected chi connectivity index (χ2v) is 6.92. The number of nitrogens with zero attached hydrogens (tertiary/aromatic N) is 4. The molecule has 28 heavy (non-hydrogen) atoms. The first kappa shape index (κ1) is 18.1. The van der Waals surface area contributed by atoms with Gasteiger partial charge in [0.15, 0.2) is 0 Å². The molecule has 1 fully saturated rings. The summed E-state index contributed by atoms with van der Waals surface area (Å²) in [4.78, 5) is 30.2. The summed E-state index contributed by atoms with van der Waals surface area (Å²) < 4.78 is 15.0. The molecule has 1 aliphatic heterocycles. The van der Waals surface area contributed by atoms with Crippen LogP contribution in [0.1, 0.15) is 40.5 Å². The third-order valence-corrected chi connectivity index (χ3v) is 5.07. The van der Waals surface area contributed by atoms with E-state index in [1.165, 1.54) is 12.3 Å². The highest BCUT2D eigenvalue weighted by molar-refractivity contribution is 5.93. The molecular formula is C20H20FN5O2. The van der Waals surface area contributed by atoms with Crippen LogP contribution in [0.25, 0.3) is 0 Å². The van der Waals surface area contributed by atoms with Crippen molar-refractivity contribution in [2.24, 2.45) is 0 Å². The average Bonchev–Trinajstić information content (AvgIpc) is 3.09. The molecule has 2 aromatic heterocycles. The van der Waals surface area contributed by atoms with E-state index in [4.69, 9.17) is 0 Å². The van der Waals surface area contributed by atoms with Gasteiger partial charge in [0.05, 0.1) is 18.3 Å². The van der Waals surface area contributed by atoms with Crippen LogP contribution in [0, 0.1) is 5.82 Å². The highest BCUT2D eigenvalue weighted by atomic mass is 19.1. The summed E-state index contributed by atoms with van der Waals surface area (Å²) in [7, 11) is 0. The van der Waals surface area contributed by atoms with E-state index < -0.39 is 5.82 Å². The third-order valence-electron chi connectivity index (χ3n) is 5.07. The molecule has 1 saturated heterocycles. The lowest BCUT2D eigenvalue weighted by Crippen LogP contribution is -2.38. The number of aromatic nitrogens is 4. The second kappa shape index (κ2) is 7.75. The Kier molecular flexibility index (Phi) is 5.01. The summed E-state index contributed by atoms with van der Waals surface area (Å²) in [5, 5.41) is 6.79. The first-order chi connectivity index (χ1) is 13.6. The maximum absolute atomic E-state index is 13.3. The molecular weight excluding hydrogens is 361 g/mol. The van der Waals surface area contributed by atoms with Crippen molar-refractivity contribution in [1.29, 1.82) is 0 Å². The Morgan fingerprint density at radius 3 is 2.64 bits per heavy atom. The Hall–Kier alpha value is -3.29. The van der Waals surface area contributed by atoms with Gasteiger partial charge < -0.3 is 4.90 Å². The first-order valence-corrected chi connectivity index (χ1v) is 9.20. The number of carbonyl (C=O) groups is 1. The molecule has 0 bridgehead atoms. The summed E-state index contributed by atoms with van der Waals surface area (Å²) in [5.74, 6) is 0.0436. The molecule has 0 unspecified atom stereocenters. The number of piperidine rings is 1. The number of H-pyrrole nitrogens is 1. The lowest BCUT2D eigenvalue weighted by atomic mass is 9.95. The molecule has 8 heteroatoms. The van der Waals surface area contributed by atoms with Crippen molar-refractivity contribution in [3.8, 4) is 0 Å². The van der Waals surface area contributed by atoms with E-state index in [1.807, 2.05) is 30.3 Å². The van der Waals surface area contributed by atoms with E-state index in [0.717, 1.165) is 11.8 Å². The minimum Gasteiger partial charge on any atom is -0.339 e. The van der Waals surface area contributed by atoms with Crippen LogP contribution in [0.3, 0.4) is 0 Å². The third kappa shape index (κ3) is 3.71. The Bertz CT molecular complexity index is 1020. The summed E-state index contributed by atoms with van der Waals surface area (Å²) in [5.41, 5.74) is 1.04. The van der Waals surface area contributed by atoms with Crippen molar-refractivity contribution in [3.05, 3.63) is 82.0 Å². The molecule has 0 saturated carbocycles. The average molecular weight is 381 g/mol.